The Morgan fingerprint density at radius 1 is 1.25 bits per heavy atom. The number of aliphatic carboxylic acids is 1. The van der Waals surface area contributed by atoms with Crippen molar-refractivity contribution >= 4 is 12.0 Å². The topological polar surface area (TPSA) is 78.4 Å². The van der Waals surface area contributed by atoms with E-state index in [1.54, 1.807) is 6.92 Å². The molecular weight excluding hydrogens is 256 g/mol. The van der Waals surface area contributed by atoms with Crippen LogP contribution in [-0.4, -0.2) is 30.2 Å². The van der Waals surface area contributed by atoms with Crippen molar-refractivity contribution in [3.63, 3.8) is 0 Å². The molecule has 0 saturated heterocycles. The van der Waals surface area contributed by atoms with Gasteiger partial charge in [0.2, 0.25) is 0 Å². The Morgan fingerprint density at radius 3 is 2.45 bits per heavy atom. The van der Waals surface area contributed by atoms with Crippen LogP contribution in [0.25, 0.3) is 0 Å². The maximum atomic E-state index is 11.7. The summed E-state index contributed by atoms with van der Waals surface area (Å²) in [6.07, 6.45) is 7.35. The number of hydrogen-bond acceptors (Lipinski definition) is 2. The molecule has 0 heterocycles. The first-order valence-corrected chi connectivity index (χ1v) is 7.73. The quantitative estimate of drug-likeness (QED) is 0.600. The van der Waals surface area contributed by atoms with Gasteiger partial charge >= 0.3 is 12.0 Å². The number of carbonyl (C=O) groups excluding carboxylic acids is 1. The number of amides is 2. The average molecular weight is 284 g/mol. The lowest BCUT2D eigenvalue weighted by molar-refractivity contribution is -0.141. The van der Waals surface area contributed by atoms with E-state index in [1.807, 2.05) is 0 Å². The number of nitrogens with one attached hydrogen (secondary N) is 2. The van der Waals surface area contributed by atoms with Crippen molar-refractivity contribution in [3.05, 3.63) is 0 Å². The van der Waals surface area contributed by atoms with Gasteiger partial charge in [-0.05, 0) is 37.5 Å². The summed E-state index contributed by atoms with van der Waals surface area (Å²) in [5.41, 5.74) is 0.301. The van der Waals surface area contributed by atoms with E-state index in [0.717, 1.165) is 13.0 Å². The Balaban J connectivity index is 2.13. The first kappa shape index (κ1) is 16.8. The van der Waals surface area contributed by atoms with Crippen LogP contribution in [0.4, 0.5) is 4.79 Å². The predicted molar refractivity (Wildman–Crippen MR) is 78.6 cm³/mol. The molecule has 0 radical (unpaired) electrons. The fourth-order valence-electron chi connectivity index (χ4n) is 2.84. The van der Waals surface area contributed by atoms with Gasteiger partial charge in [-0.2, -0.15) is 0 Å². The standard InChI is InChI=1S/C15H28N2O3/c1-3-15(8-4-5-9-15)11-17-14(20)16-10-6-7-12(2)13(18)19/h12H,3-11H2,1-2H3,(H,18,19)(H2,16,17,20). The average Bonchev–Trinajstić information content (AvgIpc) is 2.90. The minimum atomic E-state index is -0.777. The number of hydrogen-bond donors (Lipinski definition) is 3. The number of carboxylic acids is 1. The number of urea groups is 1. The van der Waals surface area contributed by atoms with E-state index in [4.69, 9.17) is 5.11 Å². The zero-order chi connectivity index (χ0) is 15.0. The normalized spacial score (nSPS) is 18.5. The van der Waals surface area contributed by atoms with E-state index in [0.29, 0.717) is 24.8 Å². The van der Waals surface area contributed by atoms with Gasteiger partial charge in [-0.3, -0.25) is 4.79 Å². The zero-order valence-corrected chi connectivity index (χ0v) is 12.7. The second-order valence-corrected chi connectivity index (χ2v) is 6.05. The van der Waals surface area contributed by atoms with E-state index in [9.17, 15) is 9.59 Å². The number of rotatable bonds is 8. The summed E-state index contributed by atoms with van der Waals surface area (Å²) >= 11 is 0. The molecule has 1 aliphatic carbocycles. The summed E-state index contributed by atoms with van der Waals surface area (Å²) in [6, 6.07) is -0.132. The molecule has 1 atom stereocenters. The molecule has 1 fully saturated rings. The Kier molecular flexibility index (Phi) is 6.82. The van der Waals surface area contributed by atoms with E-state index in [2.05, 4.69) is 17.6 Å². The van der Waals surface area contributed by atoms with E-state index in [1.165, 1.54) is 25.7 Å². The molecule has 0 spiro atoms. The van der Waals surface area contributed by atoms with Gasteiger partial charge in [0.15, 0.2) is 0 Å². The van der Waals surface area contributed by atoms with Crippen LogP contribution in [0.3, 0.4) is 0 Å². The van der Waals surface area contributed by atoms with Crippen LogP contribution in [0.15, 0.2) is 0 Å². The molecule has 1 aliphatic rings. The molecular formula is C15H28N2O3. The lowest BCUT2D eigenvalue weighted by Crippen LogP contribution is -2.42. The van der Waals surface area contributed by atoms with Crippen molar-refractivity contribution in [1.29, 1.82) is 0 Å². The molecule has 1 unspecified atom stereocenters. The molecule has 0 aromatic heterocycles. The molecule has 0 aromatic carbocycles. The van der Waals surface area contributed by atoms with Crippen LogP contribution in [0.1, 0.15) is 58.8 Å². The van der Waals surface area contributed by atoms with Gasteiger partial charge in [0.25, 0.3) is 0 Å². The van der Waals surface area contributed by atoms with Crippen LogP contribution in [0, 0.1) is 11.3 Å². The van der Waals surface area contributed by atoms with Crippen LogP contribution >= 0.6 is 0 Å². The zero-order valence-electron chi connectivity index (χ0n) is 12.7. The van der Waals surface area contributed by atoms with Crippen LogP contribution in [0.5, 0.6) is 0 Å². The second kappa shape index (κ2) is 8.12. The molecule has 3 N–H and O–H groups in total. The molecule has 116 valence electrons. The summed E-state index contributed by atoms with van der Waals surface area (Å²) in [7, 11) is 0. The minimum absolute atomic E-state index is 0.132. The molecule has 1 saturated carbocycles. The summed E-state index contributed by atoms with van der Waals surface area (Å²) < 4.78 is 0. The minimum Gasteiger partial charge on any atom is -0.481 e. The summed E-state index contributed by atoms with van der Waals surface area (Å²) in [4.78, 5) is 22.3. The van der Waals surface area contributed by atoms with Crippen LogP contribution < -0.4 is 10.6 Å². The smallest absolute Gasteiger partial charge is 0.314 e. The largest absolute Gasteiger partial charge is 0.481 e. The van der Waals surface area contributed by atoms with Gasteiger partial charge in [0, 0.05) is 13.1 Å². The predicted octanol–water partition coefficient (Wildman–Crippen LogP) is 2.76. The third-order valence-corrected chi connectivity index (χ3v) is 4.56. The first-order valence-electron chi connectivity index (χ1n) is 7.73. The van der Waals surface area contributed by atoms with Crippen molar-refractivity contribution in [2.45, 2.75) is 58.8 Å². The SMILES string of the molecule is CCC1(CNC(=O)NCCCC(C)C(=O)O)CCCC1. The second-order valence-electron chi connectivity index (χ2n) is 6.05. The van der Waals surface area contributed by atoms with Crippen molar-refractivity contribution < 1.29 is 14.7 Å². The van der Waals surface area contributed by atoms with Crippen molar-refractivity contribution in [3.8, 4) is 0 Å². The number of carbonyl (C=O) groups is 2. The molecule has 5 heteroatoms. The van der Waals surface area contributed by atoms with Gasteiger partial charge in [-0.25, -0.2) is 4.79 Å². The highest BCUT2D eigenvalue weighted by Gasteiger charge is 2.32. The molecule has 2 amide bonds. The maximum Gasteiger partial charge on any atom is 0.314 e. The maximum absolute atomic E-state index is 11.7. The third-order valence-electron chi connectivity index (χ3n) is 4.56. The molecule has 0 aliphatic heterocycles. The van der Waals surface area contributed by atoms with Crippen LogP contribution in [0.2, 0.25) is 0 Å². The van der Waals surface area contributed by atoms with Crippen molar-refractivity contribution in [2.75, 3.05) is 13.1 Å². The summed E-state index contributed by atoms with van der Waals surface area (Å²) in [5.74, 6) is -1.12. The Morgan fingerprint density at radius 2 is 1.90 bits per heavy atom. The van der Waals surface area contributed by atoms with E-state index in [-0.39, 0.29) is 11.9 Å². The van der Waals surface area contributed by atoms with Gasteiger partial charge < -0.3 is 15.7 Å². The van der Waals surface area contributed by atoms with Gasteiger partial charge in [0.05, 0.1) is 5.92 Å². The fourth-order valence-corrected chi connectivity index (χ4v) is 2.84. The fraction of sp³-hybridized carbons (Fsp3) is 0.867. The molecule has 5 nitrogen and oxygen atoms in total. The third kappa shape index (κ3) is 5.39. The highest BCUT2D eigenvalue weighted by atomic mass is 16.4. The molecule has 0 bridgehead atoms. The Labute approximate surface area is 121 Å². The highest BCUT2D eigenvalue weighted by molar-refractivity contribution is 5.73. The van der Waals surface area contributed by atoms with E-state index >= 15 is 0 Å². The number of carboxylic acid groups (broad SMARTS) is 1. The lowest BCUT2D eigenvalue weighted by atomic mass is 9.83. The van der Waals surface area contributed by atoms with Gasteiger partial charge in [-0.15, -0.1) is 0 Å². The van der Waals surface area contributed by atoms with Crippen molar-refractivity contribution in [2.24, 2.45) is 11.3 Å². The van der Waals surface area contributed by atoms with Crippen LogP contribution in [-0.2, 0) is 4.79 Å². The van der Waals surface area contributed by atoms with Gasteiger partial charge in [-0.1, -0.05) is 26.7 Å². The van der Waals surface area contributed by atoms with E-state index < -0.39 is 5.97 Å². The van der Waals surface area contributed by atoms with Crippen molar-refractivity contribution in [1.82, 2.24) is 10.6 Å². The Bertz CT molecular complexity index is 325. The molecule has 0 aromatic rings. The monoisotopic (exact) mass is 284 g/mol. The first-order chi connectivity index (χ1) is 9.49. The van der Waals surface area contributed by atoms with Gasteiger partial charge in [0.1, 0.15) is 0 Å². The lowest BCUT2D eigenvalue weighted by Gasteiger charge is -2.27. The molecule has 1 rings (SSSR count). The summed E-state index contributed by atoms with van der Waals surface area (Å²) in [5, 5.41) is 14.5. The highest BCUT2D eigenvalue weighted by Crippen LogP contribution is 2.40. The summed E-state index contributed by atoms with van der Waals surface area (Å²) in [6.45, 7) is 5.16. The molecule has 20 heavy (non-hydrogen) atoms. The Hall–Kier alpha value is -1.26.